The Morgan fingerprint density at radius 3 is 2.72 bits per heavy atom. The molecule has 102 valence electrons. The Labute approximate surface area is 109 Å². The lowest BCUT2D eigenvalue weighted by Crippen LogP contribution is -2.15. The lowest BCUT2D eigenvalue weighted by atomic mass is 10.2. The van der Waals surface area contributed by atoms with Gasteiger partial charge in [0.05, 0.1) is 13.7 Å². The Bertz CT molecular complexity index is 343. The third-order valence-corrected chi connectivity index (χ3v) is 2.66. The SMILES string of the molecule is CCOc1cc(CNCCCCN)ccc1OC. The number of hydrogen-bond donors (Lipinski definition) is 2. The zero-order chi connectivity index (χ0) is 13.2. The fraction of sp³-hybridized carbons (Fsp3) is 0.571. The van der Waals surface area contributed by atoms with Gasteiger partial charge in [-0.3, -0.25) is 0 Å². The second kappa shape index (κ2) is 8.78. The summed E-state index contributed by atoms with van der Waals surface area (Å²) in [4.78, 5) is 0. The summed E-state index contributed by atoms with van der Waals surface area (Å²) in [6.07, 6.45) is 2.19. The van der Waals surface area contributed by atoms with Crippen LogP contribution in [0.25, 0.3) is 0 Å². The Kier molecular flexibility index (Phi) is 7.22. The van der Waals surface area contributed by atoms with Gasteiger partial charge < -0.3 is 20.5 Å². The summed E-state index contributed by atoms with van der Waals surface area (Å²) in [7, 11) is 1.66. The van der Waals surface area contributed by atoms with E-state index in [0.29, 0.717) is 6.61 Å². The highest BCUT2D eigenvalue weighted by Crippen LogP contribution is 2.27. The highest BCUT2D eigenvalue weighted by molar-refractivity contribution is 5.42. The summed E-state index contributed by atoms with van der Waals surface area (Å²) in [6.45, 7) is 5.21. The fourth-order valence-corrected chi connectivity index (χ4v) is 1.73. The van der Waals surface area contributed by atoms with Crippen LogP contribution in [0.15, 0.2) is 18.2 Å². The minimum absolute atomic E-state index is 0.643. The molecule has 3 N–H and O–H groups in total. The molecule has 0 amide bonds. The van der Waals surface area contributed by atoms with E-state index in [1.165, 1.54) is 5.56 Å². The Hall–Kier alpha value is -1.26. The molecule has 4 nitrogen and oxygen atoms in total. The van der Waals surface area contributed by atoms with E-state index in [2.05, 4.69) is 11.4 Å². The number of rotatable bonds is 9. The molecular formula is C14H24N2O2. The maximum Gasteiger partial charge on any atom is 0.161 e. The van der Waals surface area contributed by atoms with E-state index in [9.17, 15) is 0 Å². The monoisotopic (exact) mass is 252 g/mol. The highest BCUT2D eigenvalue weighted by atomic mass is 16.5. The first-order valence-electron chi connectivity index (χ1n) is 6.52. The van der Waals surface area contributed by atoms with Gasteiger partial charge in [0.25, 0.3) is 0 Å². The van der Waals surface area contributed by atoms with E-state index in [-0.39, 0.29) is 0 Å². The van der Waals surface area contributed by atoms with Gasteiger partial charge in [0.2, 0.25) is 0 Å². The summed E-state index contributed by atoms with van der Waals surface area (Å²) >= 11 is 0. The van der Waals surface area contributed by atoms with E-state index in [1.807, 2.05) is 19.1 Å². The minimum atomic E-state index is 0.643. The average molecular weight is 252 g/mol. The molecule has 0 aliphatic carbocycles. The largest absolute Gasteiger partial charge is 0.493 e. The van der Waals surface area contributed by atoms with E-state index in [0.717, 1.165) is 44.0 Å². The van der Waals surface area contributed by atoms with Crippen LogP contribution in [-0.2, 0) is 6.54 Å². The molecule has 0 saturated carbocycles. The molecule has 1 rings (SSSR count). The van der Waals surface area contributed by atoms with Crippen molar-refractivity contribution in [1.82, 2.24) is 5.32 Å². The summed E-state index contributed by atoms with van der Waals surface area (Å²) in [5.74, 6) is 1.59. The highest BCUT2D eigenvalue weighted by Gasteiger charge is 2.04. The van der Waals surface area contributed by atoms with Crippen molar-refractivity contribution in [3.8, 4) is 11.5 Å². The molecule has 0 heterocycles. The molecule has 0 aromatic heterocycles. The molecule has 0 fully saturated rings. The Morgan fingerprint density at radius 2 is 2.06 bits per heavy atom. The molecule has 0 atom stereocenters. The molecule has 0 saturated heterocycles. The molecule has 0 aliphatic rings. The average Bonchev–Trinajstić information content (AvgIpc) is 2.39. The molecular weight excluding hydrogens is 228 g/mol. The molecule has 4 heteroatoms. The van der Waals surface area contributed by atoms with Crippen LogP contribution in [0.2, 0.25) is 0 Å². The van der Waals surface area contributed by atoms with Gasteiger partial charge >= 0.3 is 0 Å². The van der Waals surface area contributed by atoms with Crippen molar-refractivity contribution in [3.63, 3.8) is 0 Å². The number of methoxy groups -OCH3 is 1. The predicted molar refractivity (Wildman–Crippen MR) is 74.2 cm³/mol. The maximum absolute atomic E-state index is 5.54. The van der Waals surface area contributed by atoms with Crippen molar-refractivity contribution >= 4 is 0 Å². The summed E-state index contributed by atoms with van der Waals surface area (Å²) in [5, 5.41) is 3.39. The minimum Gasteiger partial charge on any atom is -0.493 e. The number of ether oxygens (including phenoxy) is 2. The number of unbranched alkanes of at least 4 members (excludes halogenated alkanes) is 1. The van der Waals surface area contributed by atoms with Gasteiger partial charge in [0.1, 0.15) is 0 Å². The van der Waals surface area contributed by atoms with E-state index >= 15 is 0 Å². The van der Waals surface area contributed by atoms with E-state index in [1.54, 1.807) is 7.11 Å². The van der Waals surface area contributed by atoms with Crippen LogP contribution in [0, 0.1) is 0 Å². The zero-order valence-corrected chi connectivity index (χ0v) is 11.4. The molecule has 0 bridgehead atoms. The maximum atomic E-state index is 5.54. The van der Waals surface area contributed by atoms with Crippen LogP contribution < -0.4 is 20.5 Å². The smallest absolute Gasteiger partial charge is 0.161 e. The Balaban J connectivity index is 2.48. The zero-order valence-electron chi connectivity index (χ0n) is 11.4. The summed E-state index contributed by atoms with van der Waals surface area (Å²) in [5.41, 5.74) is 6.65. The van der Waals surface area contributed by atoms with Gasteiger partial charge in [-0.1, -0.05) is 6.07 Å². The molecule has 18 heavy (non-hydrogen) atoms. The van der Waals surface area contributed by atoms with Crippen molar-refractivity contribution < 1.29 is 9.47 Å². The van der Waals surface area contributed by atoms with Gasteiger partial charge in [0, 0.05) is 6.54 Å². The molecule has 0 unspecified atom stereocenters. The first kappa shape index (κ1) is 14.8. The molecule has 0 radical (unpaired) electrons. The molecule has 0 aliphatic heterocycles. The number of nitrogens with one attached hydrogen (secondary N) is 1. The number of benzene rings is 1. The quantitative estimate of drug-likeness (QED) is 0.659. The fourth-order valence-electron chi connectivity index (χ4n) is 1.73. The standard InChI is InChI=1S/C14H24N2O2/c1-3-18-14-10-12(6-7-13(14)17-2)11-16-9-5-4-8-15/h6-7,10,16H,3-5,8-9,11,15H2,1-2H3. The summed E-state index contributed by atoms with van der Waals surface area (Å²) in [6, 6.07) is 6.03. The van der Waals surface area contributed by atoms with Crippen LogP contribution in [0.3, 0.4) is 0 Å². The predicted octanol–water partition coefficient (Wildman–Crippen LogP) is 1.92. The van der Waals surface area contributed by atoms with Crippen molar-refractivity contribution in [2.45, 2.75) is 26.3 Å². The van der Waals surface area contributed by atoms with Crippen LogP contribution in [0.1, 0.15) is 25.3 Å². The lowest BCUT2D eigenvalue weighted by molar-refractivity contribution is 0.310. The van der Waals surface area contributed by atoms with E-state index in [4.69, 9.17) is 15.2 Å². The molecule has 0 spiro atoms. The van der Waals surface area contributed by atoms with E-state index < -0.39 is 0 Å². The van der Waals surface area contributed by atoms with Crippen molar-refractivity contribution in [3.05, 3.63) is 23.8 Å². The van der Waals surface area contributed by atoms with Gasteiger partial charge in [-0.2, -0.15) is 0 Å². The van der Waals surface area contributed by atoms with Gasteiger partial charge in [-0.25, -0.2) is 0 Å². The molecule has 1 aromatic carbocycles. The molecule has 1 aromatic rings. The van der Waals surface area contributed by atoms with Crippen LogP contribution in [0.4, 0.5) is 0 Å². The summed E-state index contributed by atoms with van der Waals surface area (Å²) < 4.78 is 10.8. The number of nitrogens with two attached hydrogens (primary N) is 1. The van der Waals surface area contributed by atoms with Crippen LogP contribution in [0.5, 0.6) is 11.5 Å². The van der Waals surface area contributed by atoms with Crippen molar-refractivity contribution in [2.75, 3.05) is 26.8 Å². The van der Waals surface area contributed by atoms with Crippen LogP contribution in [-0.4, -0.2) is 26.8 Å². The van der Waals surface area contributed by atoms with Crippen LogP contribution >= 0.6 is 0 Å². The second-order valence-corrected chi connectivity index (χ2v) is 4.09. The normalized spacial score (nSPS) is 10.4. The topological polar surface area (TPSA) is 56.5 Å². The van der Waals surface area contributed by atoms with Gasteiger partial charge in [-0.15, -0.1) is 0 Å². The third kappa shape index (κ3) is 4.94. The van der Waals surface area contributed by atoms with Crippen molar-refractivity contribution in [2.24, 2.45) is 5.73 Å². The van der Waals surface area contributed by atoms with Crippen molar-refractivity contribution in [1.29, 1.82) is 0 Å². The lowest BCUT2D eigenvalue weighted by Gasteiger charge is -2.11. The number of hydrogen-bond acceptors (Lipinski definition) is 4. The first-order chi connectivity index (χ1) is 8.81. The van der Waals surface area contributed by atoms with Gasteiger partial charge in [0.15, 0.2) is 11.5 Å². The second-order valence-electron chi connectivity index (χ2n) is 4.09. The van der Waals surface area contributed by atoms with Gasteiger partial charge in [-0.05, 0) is 50.6 Å². The third-order valence-electron chi connectivity index (χ3n) is 2.66. The first-order valence-corrected chi connectivity index (χ1v) is 6.52. The Morgan fingerprint density at radius 1 is 1.22 bits per heavy atom.